The number of nitriles is 1. The van der Waals surface area contributed by atoms with Crippen LogP contribution in [0.1, 0.15) is 36.6 Å². The second-order valence-corrected chi connectivity index (χ2v) is 10.8. The van der Waals surface area contributed by atoms with Crippen molar-refractivity contribution < 1.29 is 12.8 Å². The molecule has 0 saturated carbocycles. The summed E-state index contributed by atoms with van der Waals surface area (Å²) in [5, 5.41) is 9.64. The summed E-state index contributed by atoms with van der Waals surface area (Å²) in [5.41, 5.74) is 3.41. The Kier molecular flexibility index (Phi) is 5.69. The second-order valence-electron chi connectivity index (χ2n) is 8.86. The molecule has 5 rings (SSSR count). The SMILES string of the molecule is C[C@@H]1CCCN(S(=O)(=O)c2ccc(-c3nc(C#N)c(N4CCc5ccccc5C4)o3)cc2)C1. The van der Waals surface area contributed by atoms with Crippen LogP contribution in [0.3, 0.4) is 0 Å². The van der Waals surface area contributed by atoms with Crippen molar-refractivity contribution in [1.29, 1.82) is 5.26 Å². The van der Waals surface area contributed by atoms with E-state index in [4.69, 9.17) is 4.42 Å². The van der Waals surface area contributed by atoms with Crippen molar-refractivity contribution >= 4 is 15.9 Å². The average Bonchev–Trinajstić information content (AvgIpc) is 3.28. The lowest BCUT2D eigenvalue weighted by molar-refractivity contribution is 0.281. The number of sulfonamides is 1. The molecule has 2 aliphatic heterocycles. The maximum atomic E-state index is 13.0. The van der Waals surface area contributed by atoms with Crippen LogP contribution in [0, 0.1) is 17.2 Å². The van der Waals surface area contributed by atoms with E-state index >= 15 is 0 Å². The van der Waals surface area contributed by atoms with E-state index in [1.807, 2.05) is 17.0 Å². The Morgan fingerprint density at radius 1 is 1.09 bits per heavy atom. The normalized spacial score (nSPS) is 19.2. The van der Waals surface area contributed by atoms with Crippen molar-refractivity contribution in [3.63, 3.8) is 0 Å². The van der Waals surface area contributed by atoms with Gasteiger partial charge in [0.2, 0.25) is 27.5 Å². The van der Waals surface area contributed by atoms with Crippen LogP contribution in [0.15, 0.2) is 57.8 Å². The van der Waals surface area contributed by atoms with Crippen LogP contribution in [-0.2, 0) is 23.0 Å². The van der Waals surface area contributed by atoms with Crippen molar-refractivity contribution in [3.05, 3.63) is 65.4 Å². The summed E-state index contributed by atoms with van der Waals surface area (Å²) < 4.78 is 33.7. The highest BCUT2D eigenvalue weighted by Gasteiger charge is 2.29. The van der Waals surface area contributed by atoms with Gasteiger partial charge in [-0.1, -0.05) is 31.2 Å². The third-order valence-electron chi connectivity index (χ3n) is 6.49. The highest BCUT2D eigenvalue weighted by molar-refractivity contribution is 7.89. The van der Waals surface area contributed by atoms with Crippen molar-refractivity contribution in [3.8, 4) is 17.5 Å². The number of oxazole rings is 1. The zero-order valence-electron chi connectivity index (χ0n) is 18.6. The number of fused-ring (bicyclic) bond motifs is 1. The Morgan fingerprint density at radius 3 is 2.58 bits per heavy atom. The van der Waals surface area contributed by atoms with Gasteiger partial charge in [0, 0.05) is 31.7 Å². The van der Waals surface area contributed by atoms with E-state index in [1.165, 1.54) is 11.1 Å². The predicted octanol–water partition coefficient (Wildman–Crippen LogP) is 4.20. The molecule has 2 aliphatic rings. The van der Waals surface area contributed by atoms with Gasteiger partial charge in [0.25, 0.3) is 0 Å². The minimum absolute atomic E-state index is 0.239. The van der Waals surface area contributed by atoms with E-state index < -0.39 is 10.0 Å². The Labute approximate surface area is 194 Å². The van der Waals surface area contributed by atoms with Gasteiger partial charge in [0.05, 0.1) is 4.90 Å². The topological polar surface area (TPSA) is 90.4 Å². The lowest BCUT2D eigenvalue weighted by Crippen LogP contribution is -2.39. The number of aromatic nitrogens is 1. The molecule has 170 valence electrons. The first-order valence-corrected chi connectivity index (χ1v) is 12.7. The highest BCUT2D eigenvalue weighted by atomic mass is 32.2. The number of rotatable bonds is 4. The molecule has 8 heteroatoms. The van der Waals surface area contributed by atoms with Crippen LogP contribution in [-0.4, -0.2) is 37.3 Å². The molecule has 0 radical (unpaired) electrons. The predicted molar refractivity (Wildman–Crippen MR) is 125 cm³/mol. The number of piperidine rings is 1. The van der Waals surface area contributed by atoms with Gasteiger partial charge in [-0.05, 0) is 60.6 Å². The fourth-order valence-corrected chi connectivity index (χ4v) is 6.27. The first-order valence-electron chi connectivity index (χ1n) is 11.3. The molecule has 33 heavy (non-hydrogen) atoms. The Balaban J connectivity index is 1.39. The molecule has 3 heterocycles. The number of nitrogens with zero attached hydrogens (tertiary/aromatic N) is 4. The first kappa shape index (κ1) is 21.7. The molecule has 0 bridgehead atoms. The summed E-state index contributed by atoms with van der Waals surface area (Å²) in [6.07, 6.45) is 2.81. The van der Waals surface area contributed by atoms with Gasteiger partial charge in [-0.2, -0.15) is 14.6 Å². The van der Waals surface area contributed by atoms with Gasteiger partial charge < -0.3 is 9.32 Å². The molecule has 0 unspecified atom stereocenters. The Morgan fingerprint density at radius 2 is 1.85 bits per heavy atom. The standard InChI is InChI=1S/C25H26N4O3S/c1-18-5-4-13-29(16-18)33(30,31)22-10-8-20(9-11-22)24-27-23(15-26)25(32-24)28-14-12-19-6-2-3-7-21(19)17-28/h2-3,6-11,18H,4-5,12-14,16-17H2,1H3/t18-/m1/s1. The van der Waals surface area contributed by atoms with E-state index in [-0.39, 0.29) is 10.6 Å². The third-order valence-corrected chi connectivity index (χ3v) is 8.37. The lowest BCUT2D eigenvalue weighted by atomic mass is 10.00. The van der Waals surface area contributed by atoms with Crippen molar-refractivity contribution in [2.75, 3.05) is 24.5 Å². The quantitative estimate of drug-likeness (QED) is 0.577. The summed E-state index contributed by atoms with van der Waals surface area (Å²) in [4.78, 5) is 6.69. The van der Waals surface area contributed by atoms with Crippen LogP contribution < -0.4 is 4.90 Å². The molecule has 7 nitrogen and oxygen atoms in total. The number of benzene rings is 2. The van der Waals surface area contributed by atoms with Gasteiger partial charge in [0.15, 0.2) is 0 Å². The molecule has 1 saturated heterocycles. The van der Waals surface area contributed by atoms with E-state index in [0.717, 1.165) is 25.8 Å². The van der Waals surface area contributed by atoms with Crippen molar-refractivity contribution in [2.24, 2.45) is 5.92 Å². The van der Waals surface area contributed by atoms with E-state index in [0.29, 0.717) is 42.9 Å². The minimum Gasteiger partial charge on any atom is -0.419 e. The summed E-state index contributed by atoms with van der Waals surface area (Å²) in [6, 6.07) is 17.0. The van der Waals surface area contributed by atoms with Gasteiger partial charge in [-0.3, -0.25) is 0 Å². The van der Waals surface area contributed by atoms with E-state index in [1.54, 1.807) is 28.6 Å². The van der Waals surface area contributed by atoms with Crippen molar-refractivity contribution in [1.82, 2.24) is 9.29 Å². The van der Waals surface area contributed by atoms with Crippen LogP contribution in [0.4, 0.5) is 5.88 Å². The lowest BCUT2D eigenvalue weighted by Gasteiger charge is -2.30. The van der Waals surface area contributed by atoms with Crippen LogP contribution in [0.2, 0.25) is 0 Å². The zero-order chi connectivity index (χ0) is 23.0. The minimum atomic E-state index is -3.53. The number of hydrogen-bond donors (Lipinski definition) is 0. The molecule has 1 aromatic heterocycles. The van der Waals surface area contributed by atoms with Crippen LogP contribution >= 0.6 is 0 Å². The largest absolute Gasteiger partial charge is 0.419 e. The van der Waals surface area contributed by atoms with Gasteiger partial charge in [0.1, 0.15) is 6.07 Å². The monoisotopic (exact) mass is 462 g/mol. The summed E-state index contributed by atoms with van der Waals surface area (Å²) in [5.74, 6) is 1.14. The fraction of sp³-hybridized carbons (Fsp3) is 0.360. The molecule has 1 atom stereocenters. The van der Waals surface area contributed by atoms with Gasteiger partial charge in [-0.15, -0.1) is 0 Å². The van der Waals surface area contributed by atoms with E-state index in [9.17, 15) is 13.7 Å². The summed E-state index contributed by atoms with van der Waals surface area (Å²) in [7, 11) is -3.53. The van der Waals surface area contributed by atoms with E-state index in [2.05, 4.69) is 30.1 Å². The highest BCUT2D eigenvalue weighted by Crippen LogP contribution is 2.32. The maximum Gasteiger partial charge on any atom is 0.243 e. The number of hydrogen-bond acceptors (Lipinski definition) is 6. The maximum absolute atomic E-state index is 13.0. The molecule has 0 amide bonds. The summed E-state index contributed by atoms with van der Waals surface area (Å²) in [6.45, 7) is 4.59. The molecular formula is C25H26N4O3S. The molecule has 1 fully saturated rings. The Hall–Kier alpha value is -3.15. The van der Waals surface area contributed by atoms with Gasteiger partial charge in [-0.25, -0.2) is 8.42 Å². The fourth-order valence-electron chi connectivity index (χ4n) is 4.67. The second kappa shape index (κ2) is 8.65. The molecule has 2 aromatic carbocycles. The number of anilines is 1. The van der Waals surface area contributed by atoms with Crippen LogP contribution in [0.25, 0.3) is 11.5 Å². The average molecular weight is 463 g/mol. The molecule has 0 aliphatic carbocycles. The zero-order valence-corrected chi connectivity index (χ0v) is 19.4. The molecule has 0 N–H and O–H groups in total. The third kappa shape index (κ3) is 4.14. The van der Waals surface area contributed by atoms with Crippen molar-refractivity contribution in [2.45, 2.75) is 37.6 Å². The van der Waals surface area contributed by atoms with Gasteiger partial charge >= 0.3 is 0 Å². The Bertz CT molecular complexity index is 1310. The first-order chi connectivity index (χ1) is 16.0. The summed E-state index contributed by atoms with van der Waals surface area (Å²) >= 11 is 0. The van der Waals surface area contributed by atoms with Crippen LogP contribution in [0.5, 0.6) is 0 Å². The molecule has 0 spiro atoms. The smallest absolute Gasteiger partial charge is 0.243 e. The molecular weight excluding hydrogens is 436 g/mol. The molecule has 3 aromatic rings.